The fraction of sp³-hybridized carbons (Fsp3) is 0.933. The first-order valence-corrected chi connectivity index (χ1v) is 7.35. The quantitative estimate of drug-likeness (QED) is 0.631. The number of ether oxygens (including phenoxy) is 2. The van der Waals surface area contributed by atoms with Crippen molar-refractivity contribution in [2.75, 3.05) is 20.2 Å². The van der Waals surface area contributed by atoms with Gasteiger partial charge in [-0.05, 0) is 33.6 Å². The maximum absolute atomic E-state index is 11.8. The first-order chi connectivity index (χ1) is 8.80. The van der Waals surface area contributed by atoms with E-state index in [4.69, 9.17) is 9.47 Å². The average Bonchev–Trinajstić information content (AvgIpc) is 2.30. The van der Waals surface area contributed by atoms with Crippen LogP contribution in [0.2, 0.25) is 0 Å². The van der Waals surface area contributed by atoms with Gasteiger partial charge in [-0.3, -0.25) is 0 Å². The molecule has 19 heavy (non-hydrogen) atoms. The molecule has 0 aromatic rings. The number of likely N-dealkylation sites (N-methyl/N-ethyl adjacent to an activating group) is 1. The zero-order chi connectivity index (χ0) is 14.9. The van der Waals surface area contributed by atoms with Crippen LogP contribution in [0.4, 0.5) is 4.79 Å². The van der Waals surface area contributed by atoms with Gasteiger partial charge in [0.2, 0.25) is 0 Å². The Hall–Kier alpha value is -0.770. The lowest BCUT2D eigenvalue weighted by molar-refractivity contribution is 0.00163. The molecule has 0 spiro atoms. The van der Waals surface area contributed by atoms with E-state index in [0.29, 0.717) is 6.54 Å². The second-order valence-corrected chi connectivity index (χ2v) is 5.97. The second kappa shape index (κ2) is 9.18. The molecule has 4 heteroatoms. The highest BCUT2D eigenvalue weighted by Crippen LogP contribution is 2.10. The van der Waals surface area contributed by atoms with Crippen molar-refractivity contribution in [2.24, 2.45) is 0 Å². The number of hydrogen-bond acceptors (Lipinski definition) is 3. The molecule has 0 aliphatic rings. The fourth-order valence-corrected chi connectivity index (χ4v) is 1.62. The van der Waals surface area contributed by atoms with Gasteiger partial charge in [0.05, 0.1) is 6.10 Å². The molecule has 1 amide bonds. The average molecular weight is 273 g/mol. The summed E-state index contributed by atoms with van der Waals surface area (Å²) in [5.41, 5.74) is -0.449. The molecule has 1 atom stereocenters. The number of carbonyl (C=O) groups excluding carboxylic acids is 1. The van der Waals surface area contributed by atoms with Gasteiger partial charge in [-0.25, -0.2) is 4.79 Å². The molecular weight excluding hydrogens is 242 g/mol. The third kappa shape index (κ3) is 9.77. The Morgan fingerprint density at radius 2 is 1.84 bits per heavy atom. The zero-order valence-electron chi connectivity index (χ0n) is 13.5. The standard InChI is InChI=1S/C15H31NO3/c1-7-9-10-11-18-13(8-2)12-16(6)14(17)19-15(3,4)5/h13H,7-12H2,1-6H3. The summed E-state index contributed by atoms with van der Waals surface area (Å²) < 4.78 is 11.1. The number of nitrogens with zero attached hydrogens (tertiary/aromatic N) is 1. The Labute approximate surface area is 118 Å². The van der Waals surface area contributed by atoms with Crippen molar-refractivity contribution in [3.05, 3.63) is 0 Å². The Morgan fingerprint density at radius 3 is 2.32 bits per heavy atom. The molecule has 1 unspecified atom stereocenters. The van der Waals surface area contributed by atoms with E-state index >= 15 is 0 Å². The van der Waals surface area contributed by atoms with Crippen molar-refractivity contribution in [3.8, 4) is 0 Å². The summed E-state index contributed by atoms with van der Waals surface area (Å²) in [5.74, 6) is 0. The molecule has 0 rings (SSSR count). The van der Waals surface area contributed by atoms with Crippen molar-refractivity contribution >= 4 is 6.09 Å². The lowest BCUT2D eigenvalue weighted by atomic mass is 10.2. The van der Waals surface area contributed by atoms with Crippen LogP contribution in [0.25, 0.3) is 0 Å². The molecule has 4 nitrogen and oxygen atoms in total. The molecule has 0 radical (unpaired) electrons. The van der Waals surface area contributed by atoms with Crippen molar-refractivity contribution in [3.63, 3.8) is 0 Å². The van der Waals surface area contributed by atoms with Crippen molar-refractivity contribution < 1.29 is 14.3 Å². The minimum Gasteiger partial charge on any atom is -0.444 e. The summed E-state index contributed by atoms with van der Waals surface area (Å²) in [5, 5.41) is 0. The van der Waals surface area contributed by atoms with Gasteiger partial charge in [0, 0.05) is 20.2 Å². The van der Waals surface area contributed by atoms with Gasteiger partial charge in [0.15, 0.2) is 0 Å². The molecule has 0 aromatic carbocycles. The third-order valence-corrected chi connectivity index (χ3v) is 2.74. The second-order valence-electron chi connectivity index (χ2n) is 5.97. The van der Waals surface area contributed by atoms with Gasteiger partial charge in [-0.2, -0.15) is 0 Å². The lowest BCUT2D eigenvalue weighted by Gasteiger charge is -2.27. The normalized spacial score (nSPS) is 13.2. The van der Waals surface area contributed by atoms with Gasteiger partial charge in [0.25, 0.3) is 0 Å². The van der Waals surface area contributed by atoms with Gasteiger partial charge < -0.3 is 14.4 Å². The highest BCUT2D eigenvalue weighted by molar-refractivity contribution is 5.67. The first kappa shape index (κ1) is 18.2. The summed E-state index contributed by atoms with van der Waals surface area (Å²) in [6.07, 6.45) is 4.18. The molecule has 0 bridgehead atoms. The number of amides is 1. The topological polar surface area (TPSA) is 38.8 Å². The van der Waals surface area contributed by atoms with Gasteiger partial charge in [-0.15, -0.1) is 0 Å². The van der Waals surface area contributed by atoms with E-state index in [1.807, 2.05) is 20.8 Å². The third-order valence-electron chi connectivity index (χ3n) is 2.74. The molecule has 114 valence electrons. The smallest absolute Gasteiger partial charge is 0.410 e. The van der Waals surface area contributed by atoms with E-state index in [2.05, 4.69) is 13.8 Å². The predicted molar refractivity (Wildman–Crippen MR) is 78.4 cm³/mol. The molecule has 0 fully saturated rings. The molecule has 0 saturated carbocycles. The summed E-state index contributed by atoms with van der Waals surface area (Å²) in [4.78, 5) is 13.4. The van der Waals surface area contributed by atoms with E-state index in [9.17, 15) is 4.79 Å². The minimum atomic E-state index is -0.449. The molecule has 0 aliphatic heterocycles. The van der Waals surface area contributed by atoms with E-state index in [1.165, 1.54) is 12.8 Å². The van der Waals surface area contributed by atoms with Crippen LogP contribution in [0.3, 0.4) is 0 Å². The van der Waals surface area contributed by atoms with Crippen LogP contribution in [-0.2, 0) is 9.47 Å². The zero-order valence-corrected chi connectivity index (χ0v) is 13.5. The molecule has 0 saturated heterocycles. The lowest BCUT2D eigenvalue weighted by Crippen LogP contribution is -2.39. The number of hydrogen-bond donors (Lipinski definition) is 0. The largest absolute Gasteiger partial charge is 0.444 e. The Balaban J connectivity index is 4.04. The molecule has 0 heterocycles. The fourth-order valence-electron chi connectivity index (χ4n) is 1.62. The Kier molecular flexibility index (Phi) is 8.81. The van der Waals surface area contributed by atoms with Crippen LogP contribution in [-0.4, -0.2) is 42.9 Å². The predicted octanol–water partition coefficient (Wildman–Crippen LogP) is 3.84. The van der Waals surface area contributed by atoms with Crippen LogP contribution in [0.15, 0.2) is 0 Å². The maximum Gasteiger partial charge on any atom is 0.410 e. The maximum atomic E-state index is 11.8. The van der Waals surface area contributed by atoms with E-state index in [1.54, 1.807) is 11.9 Å². The highest BCUT2D eigenvalue weighted by atomic mass is 16.6. The summed E-state index contributed by atoms with van der Waals surface area (Å²) in [6, 6.07) is 0. The number of carbonyl (C=O) groups is 1. The van der Waals surface area contributed by atoms with Crippen LogP contribution in [0, 0.1) is 0 Å². The molecule has 0 aliphatic carbocycles. The monoisotopic (exact) mass is 273 g/mol. The number of rotatable bonds is 8. The van der Waals surface area contributed by atoms with Crippen LogP contribution in [0.5, 0.6) is 0 Å². The molecular formula is C15H31NO3. The van der Waals surface area contributed by atoms with Crippen molar-refractivity contribution in [1.82, 2.24) is 4.90 Å². The number of unbranched alkanes of at least 4 members (excludes halogenated alkanes) is 2. The van der Waals surface area contributed by atoms with Gasteiger partial charge in [0.1, 0.15) is 5.60 Å². The Morgan fingerprint density at radius 1 is 1.21 bits per heavy atom. The van der Waals surface area contributed by atoms with Crippen LogP contribution in [0.1, 0.15) is 60.3 Å². The van der Waals surface area contributed by atoms with Gasteiger partial charge >= 0.3 is 6.09 Å². The highest BCUT2D eigenvalue weighted by Gasteiger charge is 2.21. The summed E-state index contributed by atoms with van der Waals surface area (Å²) >= 11 is 0. The SMILES string of the molecule is CCCCCOC(CC)CN(C)C(=O)OC(C)(C)C. The summed E-state index contributed by atoms with van der Waals surface area (Å²) in [7, 11) is 1.76. The summed E-state index contributed by atoms with van der Waals surface area (Å²) in [6.45, 7) is 11.2. The minimum absolute atomic E-state index is 0.0920. The Bertz CT molecular complexity index is 248. The van der Waals surface area contributed by atoms with E-state index in [-0.39, 0.29) is 12.2 Å². The molecule has 0 N–H and O–H groups in total. The van der Waals surface area contributed by atoms with Crippen molar-refractivity contribution in [1.29, 1.82) is 0 Å². The first-order valence-electron chi connectivity index (χ1n) is 7.35. The van der Waals surface area contributed by atoms with Crippen LogP contribution < -0.4 is 0 Å². The van der Waals surface area contributed by atoms with Crippen LogP contribution >= 0.6 is 0 Å². The van der Waals surface area contributed by atoms with E-state index in [0.717, 1.165) is 19.4 Å². The van der Waals surface area contributed by atoms with Crippen molar-refractivity contribution in [2.45, 2.75) is 72.0 Å². The molecule has 0 aromatic heterocycles. The van der Waals surface area contributed by atoms with Gasteiger partial charge in [-0.1, -0.05) is 26.7 Å². The van der Waals surface area contributed by atoms with E-state index < -0.39 is 5.60 Å².